The van der Waals surface area contributed by atoms with Crippen LogP contribution < -0.4 is 11.1 Å². The number of hydrogen-bond acceptors (Lipinski definition) is 4. The number of hydrogen-bond donors (Lipinski definition) is 2. The van der Waals surface area contributed by atoms with Crippen molar-refractivity contribution in [2.75, 3.05) is 37.7 Å². The monoisotopic (exact) mass is 285 g/mol. The number of thioether (sulfide) groups is 1. The van der Waals surface area contributed by atoms with Crippen molar-refractivity contribution >= 4 is 35.0 Å². The van der Waals surface area contributed by atoms with Crippen molar-refractivity contribution in [3.8, 4) is 0 Å². The molecule has 1 aliphatic rings. The molecule has 0 bridgehead atoms. The Balaban J connectivity index is 1.92. The summed E-state index contributed by atoms with van der Waals surface area (Å²) < 4.78 is 0. The van der Waals surface area contributed by atoms with E-state index in [-0.39, 0.29) is 5.91 Å². The molecule has 0 aromatic heterocycles. The number of nitrogens with two attached hydrogens (primary N) is 1. The van der Waals surface area contributed by atoms with Gasteiger partial charge in [0.05, 0.1) is 10.8 Å². The van der Waals surface area contributed by atoms with Gasteiger partial charge in [-0.15, -0.1) is 11.8 Å². The van der Waals surface area contributed by atoms with Crippen LogP contribution in [-0.2, 0) is 4.79 Å². The Labute approximate surface area is 116 Å². The number of piperazine rings is 1. The van der Waals surface area contributed by atoms with E-state index < -0.39 is 0 Å². The third-order valence-corrected chi connectivity index (χ3v) is 4.37. The van der Waals surface area contributed by atoms with Gasteiger partial charge in [0.25, 0.3) is 0 Å². The third kappa shape index (κ3) is 3.31. The molecule has 0 aliphatic carbocycles. The first-order chi connectivity index (χ1) is 8.68. The summed E-state index contributed by atoms with van der Waals surface area (Å²) in [5.74, 6) is 0.523. The van der Waals surface area contributed by atoms with E-state index in [2.05, 4.69) is 5.32 Å². The molecular formula is C12H16ClN3OS. The molecule has 1 saturated heterocycles. The first-order valence-electron chi connectivity index (χ1n) is 5.84. The van der Waals surface area contributed by atoms with Crippen LogP contribution in [0.2, 0.25) is 5.02 Å². The van der Waals surface area contributed by atoms with Crippen LogP contribution in [0.3, 0.4) is 0 Å². The topological polar surface area (TPSA) is 58.4 Å². The van der Waals surface area contributed by atoms with Gasteiger partial charge in [-0.1, -0.05) is 17.7 Å². The van der Waals surface area contributed by atoms with Crippen LogP contribution >= 0.6 is 23.4 Å². The second-order valence-corrected chi connectivity index (χ2v) is 5.47. The van der Waals surface area contributed by atoms with Gasteiger partial charge in [-0.25, -0.2) is 0 Å². The van der Waals surface area contributed by atoms with Crippen LogP contribution in [0.15, 0.2) is 23.1 Å². The van der Waals surface area contributed by atoms with Crippen molar-refractivity contribution in [1.82, 2.24) is 10.2 Å². The lowest BCUT2D eigenvalue weighted by Gasteiger charge is -2.27. The lowest BCUT2D eigenvalue weighted by atomic mass is 10.3. The van der Waals surface area contributed by atoms with Gasteiger partial charge in [0, 0.05) is 36.8 Å². The van der Waals surface area contributed by atoms with Gasteiger partial charge in [0.2, 0.25) is 5.91 Å². The van der Waals surface area contributed by atoms with E-state index in [0.717, 1.165) is 31.1 Å². The zero-order chi connectivity index (χ0) is 13.0. The van der Waals surface area contributed by atoms with Crippen LogP contribution in [0.5, 0.6) is 0 Å². The Bertz CT molecular complexity index is 415. The lowest BCUT2D eigenvalue weighted by molar-refractivity contribution is -0.128. The second-order valence-electron chi connectivity index (χ2n) is 4.08. The lowest BCUT2D eigenvalue weighted by Crippen LogP contribution is -2.47. The summed E-state index contributed by atoms with van der Waals surface area (Å²) in [6.07, 6.45) is 0. The summed E-state index contributed by atoms with van der Waals surface area (Å²) in [5, 5.41) is 3.82. The van der Waals surface area contributed by atoms with Crippen molar-refractivity contribution in [3.63, 3.8) is 0 Å². The first-order valence-corrected chi connectivity index (χ1v) is 7.20. The van der Waals surface area contributed by atoms with E-state index in [4.69, 9.17) is 17.3 Å². The number of nitrogens with one attached hydrogen (secondary N) is 1. The number of anilines is 1. The molecule has 0 unspecified atom stereocenters. The number of carbonyl (C=O) groups excluding carboxylic acids is 1. The summed E-state index contributed by atoms with van der Waals surface area (Å²) in [6.45, 7) is 3.28. The van der Waals surface area contributed by atoms with Gasteiger partial charge >= 0.3 is 0 Å². The predicted octanol–water partition coefficient (Wildman–Crippen LogP) is 1.45. The molecule has 1 aliphatic heterocycles. The highest BCUT2D eigenvalue weighted by atomic mass is 35.5. The van der Waals surface area contributed by atoms with E-state index in [1.54, 1.807) is 18.2 Å². The fourth-order valence-electron chi connectivity index (χ4n) is 1.82. The zero-order valence-electron chi connectivity index (χ0n) is 9.99. The molecule has 1 fully saturated rings. The van der Waals surface area contributed by atoms with Crippen molar-refractivity contribution < 1.29 is 4.79 Å². The number of rotatable bonds is 3. The quantitative estimate of drug-likeness (QED) is 0.652. The third-order valence-electron chi connectivity index (χ3n) is 2.81. The fraction of sp³-hybridized carbons (Fsp3) is 0.417. The Hall–Kier alpha value is -0.910. The zero-order valence-corrected chi connectivity index (χ0v) is 11.6. The van der Waals surface area contributed by atoms with E-state index in [1.807, 2.05) is 4.90 Å². The van der Waals surface area contributed by atoms with Gasteiger partial charge in [-0.2, -0.15) is 0 Å². The number of halogens is 1. The van der Waals surface area contributed by atoms with Gasteiger partial charge < -0.3 is 16.0 Å². The Morgan fingerprint density at radius 3 is 2.83 bits per heavy atom. The second kappa shape index (κ2) is 6.31. The van der Waals surface area contributed by atoms with Gasteiger partial charge in [0.1, 0.15) is 0 Å². The van der Waals surface area contributed by atoms with Crippen LogP contribution in [-0.4, -0.2) is 42.7 Å². The van der Waals surface area contributed by atoms with Crippen LogP contribution in [0, 0.1) is 0 Å². The molecular weight excluding hydrogens is 270 g/mol. The summed E-state index contributed by atoms with van der Waals surface area (Å²) in [4.78, 5) is 14.7. The van der Waals surface area contributed by atoms with Crippen molar-refractivity contribution in [3.05, 3.63) is 23.2 Å². The summed E-state index contributed by atoms with van der Waals surface area (Å²) in [7, 11) is 0. The number of nitrogen functional groups attached to an aromatic ring is 1. The fourth-order valence-corrected chi connectivity index (χ4v) is 3.05. The smallest absolute Gasteiger partial charge is 0.233 e. The Morgan fingerprint density at radius 2 is 2.17 bits per heavy atom. The number of amides is 1. The van der Waals surface area contributed by atoms with E-state index >= 15 is 0 Å². The number of carbonyl (C=O) groups is 1. The van der Waals surface area contributed by atoms with Gasteiger partial charge in [-0.3, -0.25) is 4.79 Å². The molecule has 1 amide bonds. The molecule has 1 aromatic carbocycles. The molecule has 4 nitrogen and oxygen atoms in total. The summed E-state index contributed by atoms with van der Waals surface area (Å²) >= 11 is 7.47. The molecule has 6 heteroatoms. The largest absolute Gasteiger partial charge is 0.398 e. The van der Waals surface area contributed by atoms with E-state index in [9.17, 15) is 4.79 Å². The highest BCUT2D eigenvalue weighted by Crippen LogP contribution is 2.32. The predicted molar refractivity (Wildman–Crippen MR) is 76.0 cm³/mol. The maximum atomic E-state index is 12.0. The minimum Gasteiger partial charge on any atom is -0.398 e. The SMILES string of the molecule is Nc1cccc(Cl)c1SCC(=O)N1CCNCC1. The highest BCUT2D eigenvalue weighted by molar-refractivity contribution is 8.00. The first kappa shape index (κ1) is 13.5. The van der Waals surface area contributed by atoms with Crippen molar-refractivity contribution in [1.29, 1.82) is 0 Å². The minimum absolute atomic E-state index is 0.140. The average molecular weight is 286 g/mol. The maximum Gasteiger partial charge on any atom is 0.233 e. The molecule has 0 saturated carbocycles. The van der Waals surface area contributed by atoms with E-state index in [1.165, 1.54) is 11.8 Å². The summed E-state index contributed by atoms with van der Waals surface area (Å²) in [5.41, 5.74) is 6.47. The van der Waals surface area contributed by atoms with Crippen molar-refractivity contribution in [2.24, 2.45) is 0 Å². The van der Waals surface area contributed by atoms with Crippen LogP contribution in [0.1, 0.15) is 0 Å². The molecule has 0 radical (unpaired) electrons. The minimum atomic E-state index is 0.140. The molecule has 0 atom stereocenters. The van der Waals surface area contributed by atoms with Gasteiger partial charge in [-0.05, 0) is 12.1 Å². The van der Waals surface area contributed by atoms with Crippen LogP contribution in [0.25, 0.3) is 0 Å². The van der Waals surface area contributed by atoms with Gasteiger partial charge in [0.15, 0.2) is 0 Å². The molecule has 2 rings (SSSR count). The normalized spacial score (nSPS) is 15.7. The molecule has 18 heavy (non-hydrogen) atoms. The van der Waals surface area contributed by atoms with E-state index in [0.29, 0.717) is 16.5 Å². The molecule has 1 aromatic rings. The molecule has 1 heterocycles. The highest BCUT2D eigenvalue weighted by Gasteiger charge is 2.17. The maximum absolute atomic E-state index is 12.0. The Morgan fingerprint density at radius 1 is 1.44 bits per heavy atom. The molecule has 98 valence electrons. The number of benzene rings is 1. The summed E-state index contributed by atoms with van der Waals surface area (Å²) in [6, 6.07) is 5.39. The van der Waals surface area contributed by atoms with Crippen molar-refractivity contribution in [2.45, 2.75) is 4.90 Å². The number of nitrogens with zero attached hydrogens (tertiary/aromatic N) is 1. The Kier molecular flexibility index (Phi) is 4.74. The molecule has 3 N–H and O–H groups in total. The standard InChI is InChI=1S/C12H16ClN3OS/c13-9-2-1-3-10(14)12(9)18-8-11(17)16-6-4-15-5-7-16/h1-3,15H,4-8,14H2. The average Bonchev–Trinajstić information content (AvgIpc) is 2.39. The van der Waals surface area contributed by atoms with Crippen LogP contribution in [0.4, 0.5) is 5.69 Å². The molecule has 0 spiro atoms.